The molecule has 0 saturated heterocycles. The first-order valence-corrected chi connectivity index (χ1v) is 14.1. The number of aryl methyl sites for hydroxylation is 2. The van der Waals surface area contributed by atoms with E-state index in [-0.39, 0.29) is 11.8 Å². The van der Waals surface area contributed by atoms with Crippen LogP contribution in [0.15, 0.2) is 60.7 Å². The van der Waals surface area contributed by atoms with Gasteiger partial charge in [0.25, 0.3) is 0 Å². The quantitative estimate of drug-likeness (QED) is 0.248. The molecule has 2 N–H and O–H groups in total. The number of hydrogen-bond acceptors (Lipinski definition) is 3. The molecule has 0 heterocycles. The van der Waals surface area contributed by atoms with E-state index in [1.54, 1.807) is 7.11 Å². The Hall–Kier alpha value is -3.37. The molecule has 0 aliphatic heterocycles. The Morgan fingerprint density at radius 1 is 0.821 bits per heavy atom. The topological polar surface area (TPSA) is 66.8 Å². The van der Waals surface area contributed by atoms with Crippen molar-refractivity contribution in [1.82, 2.24) is 0 Å². The lowest BCUT2D eigenvalue weighted by molar-refractivity contribution is -0.136. The van der Waals surface area contributed by atoms with Crippen LogP contribution in [0.25, 0.3) is 17.2 Å². The third-order valence-electron chi connectivity index (χ3n) is 8.52. The fourth-order valence-electron chi connectivity index (χ4n) is 5.64. The summed E-state index contributed by atoms with van der Waals surface area (Å²) in [5.74, 6) is -0.119. The largest absolute Gasteiger partial charge is 0.496 e. The van der Waals surface area contributed by atoms with Crippen LogP contribution in [0.3, 0.4) is 0 Å². The van der Waals surface area contributed by atoms with Gasteiger partial charge in [0.1, 0.15) is 5.75 Å². The van der Waals surface area contributed by atoms with Gasteiger partial charge >= 0.3 is 5.97 Å². The molecule has 208 valence electrons. The standard InChI is InChI=1S/C35H44O4/c1-8-34(38,9-2)19-18-27-13-14-28(20-24(27)5)35(10-3,11-4)29-15-16-30(25(6)21-29)31-22-26(23-33(36)37)12-17-32(31)39-7/h12-22,38H,8-11,23H2,1-7H3,(H,36,37). The van der Waals surface area contributed by atoms with E-state index in [1.165, 1.54) is 16.7 Å². The highest BCUT2D eigenvalue weighted by Crippen LogP contribution is 2.42. The molecule has 0 bridgehead atoms. The third kappa shape index (κ3) is 6.45. The minimum absolute atomic E-state index is 0.0242. The van der Waals surface area contributed by atoms with Crippen molar-refractivity contribution in [2.45, 2.75) is 84.7 Å². The van der Waals surface area contributed by atoms with Crippen molar-refractivity contribution in [3.8, 4) is 16.9 Å². The predicted molar refractivity (Wildman–Crippen MR) is 162 cm³/mol. The average Bonchev–Trinajstić information content (AvgIpc) is 2.93. The first-order chi connectivity index (χ1) is 18.6. The van der Waals surface area contributed by atoms with Crippen LogP contribution in [0.1, 0.15) is 86.8 Å². The summed E-state index contributed by atoms with van der Waals surface area (Å²) in [6, 6.07) is 18.9. The van der Waals surface area contributed by atoms with Crippen LogP contribution in [0.4, 0.5) is 0 Å². The number of carbonyl (C=O) groups is 1. The molecule has 0 fully saturated rings. The van der Waals surface area contributed by atoms with Crippen molar-refractivity contribution in [1.29, 1.82) is 0 Å². The van der Waals surface area contributed by atoms with Gasteiger partial charge in [-0.25, -0.2) is 0 Å². The van der Waals surface area contributed by atoms with Gasteiger partial charge in [-0.3, -0.25) is 4.79 Å². The lowest BCUT2D eigenvalue weighted by Crippen LogP contribution is -2.26. The van der Waals surface area contributed by atoms with Crippen LogP contribution in [-0.4, -0.2) is 28.9 Å². The minimum Gasteiger partial charge on any atom is -0.496 e. The molecule has 39 heavy (non-hydrogen) atoms. The highest BCUT2D eigenvalue weighted by atomic mass is 16.5. The summed E-state index contributed by atoms with van der Waals surface area (Å²) >= 11 is 0. The molecule has 0 radical (unpaired) electrons. The number of carboxylic acid groups (broad SMARTS) is 1. The van der Waals surface area contributed by atoms with Crippen LogP contribution in [0.5, 0.6) is 5.75 Å². The van der Waals surface area contributed by atoms with Gasteiger partial charge in [-0.2, -0.15) is 0 Å². The van der Waals surface area contributed by atoms with E-state index in [4.69, 9.17) is 4.74 Å². The van der Waals surface area contributed by atoms with Gasteiger partial charge in [0.15, 0.2) is 0 Å². The molecular formula is C35H44O4. The zero-order valence-electron chi connectivity index (χ0n) is 24.6. The lowest BCUT2D eigenvalue weighted by Gasteiger charge is -2.34. The second-order valence-electron chi connectivity index (χ2n) is 10.6. The molecule has 4 nitrogen and oxygen atoms in total. The first kappa shape index (κ1) is 30.2. The summed E-state index contributed by atoms with van der Waals surface area (Å²) in [4.78, 5) is 11.3. The summed E-state index contributed by atoms with van der Waals surface area (Å²) < 4.78 is 5.63. The fraction of sp³-hybridized carbons (Fsp3) is 0.400. The maximum atomic E-state index is 11.3. The van der Waals surface area contributed by atoms with Gasteiger partial charge in [-0.05, 0) is 90.6 Å². The first-order valence-electron chi connectivity index (χ1n) is 14.1. The van der Waals surface area contributed by atoms with Crippen molar-refractivity contribution >= 4 is 12.0 Å². The van der Waals surface area contributed by atoms with Crippen molar-refractivity contribution in [2.75, 3.05) is 7.11 Å². The van der Waals surface area contributed by atoms with E-state index in [0.717, 1.165) is 46.4 Å². The Balaban J connectivity index is 2.05. The summed E-state index contributed by atoms with van der Waals surface area (Å²) in [6.45, 7) is 12.8. The number of carboxylic acids is 1. The van der Waals surface area contributed by atoms with Gasteiger partial charge in [0.05, 0.1) is 19.1 Å². The molecule has 0 atom stereocenters. The van der Waals surface area contributed by atoms with Crippen molar-refractivity contribution in [3.63, 3.8) is 0 Å². The van der Waals surface area contributed by atoms with E-state index in [0.29, 0.717) is 12.8 Å². The Morgan fingerprint density at radius 3 is 1.95 bits per heavy atom. The lowest BCUT2D eigenvalue weighted by atomic mass is 9.69. The van der Waals surface area contributed by atoms with E-state index in [2.05, 4.69) is 70.2 Å². The molecule has 0 aliphatic carbocycles. The van der Waals surface area contributed by atoms with Crippen LogP contribution >= 0.6 is 0 Å². The molecule has 0 unspecified atom stereocenters. The number of aliphatic carboxylic acids is 1. The van der Waals surface area contributed by atoms with Crippen molar-refractivity contribution < 1.29 is 19.7 Å². The number of hydrogen-bond donors (Lipinski definition) is 2. The normalized spacial score (nSPS) is 12.2. The van der Waals surface area contributed by atoms with Crippen LogP contribution < -0.4 is 4.74 Å². The molecular weight excluding hydrogens is 484 g/mol. The highest BCUT2D eigenvalue weighted by molar-refractivity contribution is 5.77. The van der Waals surface area contributed by atoms with Crippen LogP contribution in [0, 0.1) is 13.8 Å². The Labute approximate surface area is 234 Å². The van der Waals surface area contributed by atoms with Gasteiger partial charge in [-0.15, -0.1) is 0 Å². The Kier molecular flexibility index (Phi) is 9.79. The van der Waals surface area contributed by atoms with E-state index in [9.17, 15) is 15.0 Å². The molecule has 3 aromatic carbocycles. The Morgan fingerprint density at radius 2 is 1.44 bits per heavy atom. The molecule has 0 aliphatic rings. The predicted octanol–water partition coefficient (Wildman–Crippen LogP) is 8.28. The Bertz CT molecular complexity index is 1330. The van der Waals surface area contributed by atoms with E-state index >= 15 is 0 Å². The van der Waals surface area contributed by atoms with Gasteiger partial charge in [-0.1, -0.05) is 82.3 Å². The number of rotatable bonds is 12. The van der Waals surface area contributed by atoms with Crippen LogP contribution in [-0.2, 0) is 16.6 Å². The maximum absolute atomic E-state index is 11.3. The monoisotopic (exact) mass is 528 g/mol. The zero-order chi connectivity index (χ0) is 28.8. The van der Waals surface area contributed by atoms with Crippen molar-refractivity contribution in [3.05, 3.63) is 94.1 Å². The fourth-order valence-corrected chi connectivity index (χ4v) is 5.64. The SMILES string of the molecule is CCC(O)(C=Cc1ccc(C(CC)(CC)c2ccc(-c3cc(CC(=O)O)ccc3OC)c(C)c2)cc1C)CC. The molecule has 4 heteroatoms. The van der Waals surface area contributed by atoms with Gasteiger partial charge in [0, 0.05) is 11.0 Å². The number of aliphatic hydroxyl groups is 1. The van der Waals surface area contributed by atoms with Gasteiger partial charge < -0.3 is 14.9 Å². The molecule has 0 saturated carbocycles. The van der Waals surface area contributed by atoms with Gasteiger partial charge in [0.2, 0.25) is 0 Å². The minimum atomic E-state index is -0.850. The molecule has 0 spiro atoms. The highest BCUT2D eigenvalue weighted by Gasteiger charge is 2.31. The summed E-state index contributed by atoms with van der Waals surface area (Å²) in [5.41, 5.74) is 7.79. The summed E-state index contributed by atoms with van der Waals surface area (Å²) in [5, 5.41) is 20.0. The molecule has 3 rings (SSSR count). The van der Waals surface area contributed by atoms with Crippen molar-refractivity contribution in [2.24, 2.45) is 0 Å². The van der Waals surface area contributed by atoms with E-state index < -0.39 is 11.6 Å². The number of benzene rings is 3. The molecule has 0 aromatic heterocycles. The van der Waals surface area contributed by atoms with Crippen LogP contribution in [0.2, 0.25) is 0 Å². The molecule has 0 amide bonds. The zero-order valence-corrected chi connectivity index (χ0v) is 24.6. The average molecular weight is 529 g/mol. The maximum Gasteiger partial charge on any atom is 0.307 e. The number of ether oxygens (including phenoxy) is 1. The smallest absolute Gasteiger partial charge is 0.307 e. The summed E-state index contributed by atoms with van der Waals surface area (Å²) in [6.07, 6.45) is 7.26. The number of methoxy groups -OCH3 is 1. The summed E-state index contributed by atoms with van der Waals surface area (Å²) in [7, 11) is 1.64. The van der Waals surface area contributed by atoms with E-state index in [1.807, 2.05) is 38.1 Å². The second kappa shape index (κ2) is 12.7. The second-order valence-corrected chi connectivity index (χ2v) is 10.6. The third-order valence-corrected chi connectivity index (χ3v) is 8.52. The molecule has 3 aromatic rings.